The SMILES string of the molecule is COC(=O)/C(C#N)=C/c1cc(Cl)ccc1[N+](=O)[O-]. The first-order valence-corrected chi connectivity index (χ1v) is 5.01. The molecule has 6 nitrogen and oxygen atoms in total. The Kier molecular flexibility index (Phi) is 4.40. The number of ether oxygens (including phenoxy) is 1. The fourth-order valence-corrected chi connectivity index (χ4v) is 1.39. The zero-order chi connectivity index (χ0) is 13.7. The van der Waals surface area contributed by atoms with E-state index in [1.54, 1.807) is 6.07 Å². The van der Waals surface area contributed by atoms with E-state index in [0.717, 1.165) is 13.2 Å². The summed E-state index contributed by atoms with van der Waals surface area (Å²) in [6.45, 7) is 0. The lowest BCUT2D eigenvalue weighted by molar-refractivity contribution is -0.385. The number of nitro benzene ring substituents is 1. The van der Waals surface area contributed by atoms with Crippen LogP contribution in [0, 0.1) is 21.4 Å². The maximum absolute atomic E-state index is 11.2. The molecule has 0 unspecified atom stereocenters. The molecule has 18 heavy (non-hydrogen) atoms. The van der Waals surface area contributed by atoms with Gasteiger partial charge in [0.25, 0.3) is 5.69 Å². The highest BCUT2D eigenvalue weighted by molar-refractivity contribution is 6.30. The molecule has 0 aliphatic rings. The van der Waals surface area contributed by atoms with Crippen LogP contribution in [-0.2, 0) is 9.53 Å². The minimum absolute atomic E-state index is 0.0643. The van der Waals surface area contributed by atoms with E-state index in [1.807, 2.05) is 0 Å². The summed E-state index contributed by atoms with van der Waals surface area (Å²) in [4.78, 5) is 21.3. The number of hydrogen-bond acceptors (Lipinski definition) is 5. The first-order chi connectivity index (χ1) is 8.49. The summed E-state index contributed by atoms with van der Waals surface area (Å²) in [5.74, 6) is -0.869. The largest absolute Gasteiger partial charge is 0.465 e. The van der Waals surface area contributed by atoms with Crippen LogP contribution in [0.2, 0.25) is 5.02 Å². The van der Waals surface area contributed by atoms with Gasteiger partial charge >= 0.3 is 5.97 Å². The summed E-state index contributed by atoms with van der Waals surface area (Å²) in [7, 11) is 1.11. The first-order valence-electron chi connectivity index (χ1n) is 4.63. The zero-order valence-electron chi connectivity index (χ0n) is 9.21. The van der Waals surface area contributed by atoms with Crippen LogP contribution in [0.4, 0.5) is 5.69 Å². The lowest BCUT2D eigenvalue weighted by atomic mass is 10.1. The van der Waals surface area contributed by atoms with Gasteiger partial charge in [0.15, 0.2) is 0 Å². The lowest BCUT2D eigenvalue weighted by Crippen LogP contribution is -2.03. The summed E-state index contributed by atoms with van der Waals surface area (Å²) in [6.07, 6.45) is 1.07. The van der Waals surface area contributed by atoms with Gasteiger partial charge in [0, 0.05) is 11.1 Å². The molecule has 0 aliphatic carbocycles. The van der Waals surface area contributed by atoms with E-state index in [4.69, 9.17) is 16.9 Å². The molecule has 1 rings (SSSR count). The van der Waals surface area contributed by atoms with Gasteiger partial charge in [-0.05, 0) is 18.2 Å². The molecule has 0 atom stereocenters. The maximum Gasteiger partial charge on any atom is 0.348 e. The van der Waals surface area contributed by atoms with Crippen LogP contribution in [-0.4, -0.2) is 18.0 Å². The Labute approximate surface area is 107 Å². The molecule has 0 saturated heterocycles. The molecule has 1 aromatic rings. The van der Waals surface area contributed by atoms with Crippen molar-refractivity contribution in [1.29, 1.82) is 5.26 Å². The third-order valence-corrected chi connectivity index (χ3v) is 2.25. The van der Waals surface area contributed by atoms with E-state index in [2.05, 4.69) is 4.74 Å². The molecule has 0 bridgehead atoms. The number of rotatable bonds is 3. The van der Waals surface area contributed by atoms with Crippen LogP contribution in [0.5, 0.6) is 0 Å². The standard InChI is InChI=1S/C11H7ClN2O4/c1-18-11(15)8(6-13)4-7-5-9(12)2-3-10(7)14(16)17/h2-5H,1H3/b8-4+. The van der Waals surface area contributed by atoms with Crippen molar-refractivity contribution < 1.29 is 14.5 Å². The van der Waals surface area contributed by atoms with Crippen LogP contribution in [0.15, 0.2) is 23.8 Å². The number of esters is 1. The predicted octanol–water partition coefficient (Wildman–Crippen LogP) is 2.33. The van der Waals surface area contributed by atoms with Gasteiger partial charge in [-0.3, -0.25) is 10.1 Å². The van der Waals surface area contributed by atoms with Gasteiger partial charge in [0.05, 0.1) is 17.6 Å². The van der Waals surface area contributed by atoms with Crippen molar-refractivity contribution in [1.82, 2.24) is 0 Å². The number of nitriles is 1. The number of carbonyl (C=O) groups is 1. The molecule has 0 aliphatic heterocycles. The normalized spacial score (nSPS) is 10.6. The maximum atomic E-state index is 11.2. The van der Waals surface area contributed by atoms with Gasteiger partial charge in [0.1, 0.15) is 11.6 Å². The molecule has 0 N–H and O–H groups in total. The minimum atomic E-state index is -0.869. The molecule has 0 heterocycles. The highest BCUT2D eigenvalue weighted by atomic mass is 35.5. The predicted molar refractivity (Wildman–Crippen MR) is 63.7 cm³/mol. The van der Waals surface area contributed by atoms with Crippen molar-refractivity contribution in [3.8, 4) is 6.07 Å². The lowest BCUT2D eigenvalue weighted by Gasteiger charge is -2.00. The second-order valence-corrected chi connectivity index (χ2v) is 3.56. The molecule has 0 spiro atoms. The van der Waals surface area contributed by atoms with Crippen LogP contribution in [0.25, 0.3) is 6.08 Å². The van der Waals surface area contributed by atoms with Crippen LogP contribution in [0.3, 0.4) is 0 Å². The molecule has 0 fully saturated rings. The molecule has 92 valence electrons. The van der Waals surface area contributed by atoms with E-state index in [1.165, 1.54) is 18.2 Å². The molecular formula is C11H7ClN2O4. The fraction of sp³-hybridized carbons (Fsp3) is 0.0909. The number of hydrogen-bond donors (Lipinski definition) is 0. The monoisotopic (exact) mass is 266 g/mol. The highest BCUT2D eigenvalue weighted by Crippen LogP contribution is 2.25. The van der Waals surface area contributed by atoms with Gasteiger partial charge in [-0.1, -0.05) is 11.6 Å². The topological polar surface area (TPSA) is 93.2 Å². The second-order valence-electron chi connectivity index (χ2n) is 3.12. The number of benzene rings is 1. The molecule has 0 saturated carbocycles. The number of nitrogens with zero attached hydrogens (tertiary/aromatic N) is 2. The Balaban J connectivity index is 3.36. The van der Waals surface area contributed by atoms with Crippen molar-refractivity contribution in [3.63, 3.8) is 0 Å². The average Bonchev–Trinajstić information content (AvgIpc) is 2.34. The quantitative estimate of drug-likeness (QED) is 0.275. The molecule has 0 amide bonds. The number of nitro groups is 1. The average molecular weight is 267 g/mol. The Bertz CT molecular complexity index is 575. The number of carbonyl (C=O) groups excluding carboxylic acids is 1. The Morgan fingerprint density at radius 1 is 1.61 bits per heavy atom. The summed E-state index contributed by atoms with van der Waals surface area (Å²) >= 11 is 5.71. The molecule has 0 radical (unpaired) electrons. The van der Waals surface area contributed by atoms with Gasteiger partial charge < -0.3 is 4.74 Å². The van der Waals surface area contributed by atoms with E-state index in [-0.39, 0.29) is 21.8 Å². The van der Waals surface area contributed by atoms with Crippen molar-refractivity contribution in [2.45, 2.75) is 0 Å². The van der Waals surface area contributed by atoms with Gasteiger partial charge in [-0.25, -0.2) is 4.79 Å². The summed E-state index contributed by atoms with van der Waals surface area (Å²) < 4.78 is 4.37. The molecular weight excluding hydrogens is 260 g/mol. The Morgan fingerprint density at radius 3 is 2.78 bits per heavy atom. The molecule has 7 heteroatoms. The summed E-state index contributed by atoms with van der Waals surface area (Å²) in [5, 5.41) is 19.8. The first kappa shape index (κ1) is 13.7. The van der Waals surface area contributed by atoms with E-state index in [0.29, 0.717) is 0 Å². The van der Waals surface area contributed by atoms with Crippen molar-refractivity contribution in [3.05, 3.63) is 44.5 Å². The number of halogens is 1. The Morgan fingerprint density at radius 2 is 2.28 bits per heavy atom. The highest BCUT2D eigenvalue weighted by Gasteiger charge is 2.16. The minimum Gasteiger partial charge on any atom is -0.465 e. The van der Waals surface area contributed by atoms with E-state index in [9.17, 15) is 14.9 Å². The third-order valence-electron chi connectivity index (χ3n) is 2.01. The van der Waals surface area contributed by atoms with Crippen LogP contribution >= 0.6 is 11.6 Å². The second kappa shape index (κ2) is 5.80. The fourth-order valence-electron chi connectivity index (χ4n) is 1.21. The van der Waals surface area contributed by atoms with Crippen molar-refractivity contribution in [2.75, 3.05) is 7.11 Å². The molecule has 0 aromatic heterocycles. The summed E-state index contributed by atoms with van der Waals surface area (Å²) in [5.41, 5.74) is -0.534. The van der Waals surface area contributed by atoms with Crippen LogP contribution < -0.4 is 0 Å². The zero-order valence-corrected chi connectivity index (χ0v) is 9.97. The summed E-state index contributed by atoms with van der Waals surface area (Å²) in [6, 6.07) is 5.44. The van der Waals surface area contributed by atoms with Gasteiger partial charge in [0.2, 0.25) is 0 Å². The van der Waals surface area contributed by atoms with Gasteiger partial charge in [-0.2, -0.15) is 5.26 Å². The third kappa shape index (κ3) is 3.06. The smallest absolute Gasteiger partial charge is 0.348 e. The van der Waals surface area contributed by atoms with E-state index >= 15 is 0 Å². The van der Waals surface area contributed by atoms with Crippen molar-refractivity contribution in [2.24, 2.45) is 0 Å². The van der Waals surface area contributed by atoms with Crippen LogP contribution in [0.1, 0.15) is 5.56 Å². The van der Waals surface area contributed by atoms with Gasteiger partial charge in [-0.15, -0.1) is 0 Å². The van der Waals surface area contributed by atoms with E-state index < -0.39 is 10.9 Å². The van der Waals surface area contributed by atoms with Crippen molar-refractivity contribution >= 4 is 29.3 Å². The Hall–Kier alpha value is -2.39. The number of methoxy groups -OCH3 is 1. The molecule has 1 aromatic carbocycles.